The summed E-state index contributed by atoms with van der Waals surface area (Å²) in [6.07, 6.45) is 18.2. The first-order valence-electron chi connectivity index (χ1n) is 10.8. The number of benzene rings is 3. The lowest BCUT2D eigenvalue weighted by atomic mass is 10.0. The van der Waals surface area contributed by atoms with Gasteiger partial charge in [-0.2, -0.15) is 0 Å². The van der Waals surface area contributed by atoms with Crippen molar-refractivity contribution in [1.82, 2.24) is 0 Å². The maximum absolute atomic E-state index is 3.90. The summed E-state index contributed by atoms with van der Waals surface area (Å²) in [4.78, 5) is 0. The van der Waals surface area contributed by atoms with Crippen molar-refractivity contribution in [1.29, 1.82) is 0 Å². The second kappa shape index (κ2) is 12.6. The van der Waals surface area contributed by atoms with E-state index in [1.807, 2.05) is 55.6 Å². The van der Waals surface area contributed by atoms with Crippen LogP contribution in [0.4, 0.5) is 5.69 Å². The van der Waals surface area contributed by atoms with Crippen molar-refractivity contribution in [2.75, 3.05) is 5.32 Å². The van der Waals surface area contributed by atoms with Crippen molar-refractivity contribution in [3.8, 4) is 11.1 Å². The largest absolute Gasteiger partial charge is 0.362 e. The Labute approximate surface area is 192 Å². The highest BCUT2D eigenvalue weighted by Gasteiger charge is 1.97. The molecule has 0 aliphatic heterocycles. The molecular formula is C31H29N. The van der Waals surface area contributed by atoms with Crippen LogP contribution >= 0.6 is 0 Å². The van der Waals surface area contributed by atoms with Crippen molar-refractivity contribution >= 4 is 11.3 Å². The van der Waals surface area contributed by atoms with E-state index in [2.05, 4.69) is 103 Å². The monoisotopic (exact) mass is 415 g/mol. The standard InChI is InChI=1S/C31H29N/c1-3-5-13-26(4-2)19-20-29(27-14-8-6-9-15-27)18-12-25-32-31-23-21-30(22-24-31)28-16-10-7-11-17-28/h3-25,32H,2H2,1H3/b5-3+,20-19-,25-12+,26-13+,29-18+. The van der Waals surface area contributed by atoms with Crippen LogP contribution in [0.15, 0.2) is 152 Å². The van der Waals surface area contributed by atoms with Gasteiger partial charge in [-0.15, -0.1) is 0 Å². The van der Waals surface area contributed by atoms with Crippen LogP contribution in [-0.4, -0.2) is 0 Å². The Morgan fingerprint density at radius 2 is 1.38 bits per heavy atom. The molecule has 0 saturated heterocycles. The van der Waals surface area contributed by atoms with Crippen molar-refractivity contribution in [2.24, 2.45) is 0 Å². The Kier molecular flexibility index (Phi) is 8.87. The molecule has 0 fully saturated rings. The minimum atomic E-state index is 1.05. The Morgan fingerprint density at radius 1 is 0.719 bits per heavy atom. The summed E-state index contributed by atoms with van der Waals surface area (Å²) < 4.78 is 0. The quantitative estimate of drug-likeness (QED) is 0.345. The summed E-state index contributed by atoms with van der Waals surface area (Å²) in [5.41, 5.74) is 6.82. The lowest BCUT2D eigenvalue weighted by molar-refractivity contribution is 1.56. The fourth-order valence-corrected chi connectivity index (χ4v) is 3.15. The van der Waals surface area contributed by atoms with Crippen LogP contribution in [0.2, 0.25) is 0 Å². The number of nitrogens with one attached hydrogen (secondary N) is 1. The molecule has 0 unspecified atom stereocenters. The number of allylic oxidation sites excluding steroid dienone is 10. The Morgan fingerprint density at radius 3 is 2.03 bits per heavy atom. The third-order valence-electron chi connectivity index (χ3n) is 4.89. The molecule has 0 radical (unpaired) electrons. The first-order valence-corrected chi connectivity index (χ1v) is 10.8. The molecule has 0 saturated carbocycles. The number of anilines is 1. The van der Waals surface area contributed by atoms with Gasteiger partial charge in [0.2, 0.25) is 0 Å². The lowest BCUT2D eigenvalue weighted by Gasteiger charge is -2.04. The van der Waals surface area contributed by atoms with Gasteiger partial charge < -0.3 is 5.32 Å². The number of rotatable bonds is 9. The molecule has 1 heteroatoms. The van der Waals surface area contributed by atoms with E-state index >= 15 is 0 Å². The zero-order chi connectivity index (χ0) is 22.4. The van der Waals surface area contributed by atoms with Gasteiger partial charge in [0.15, 0.2) is 0 Å². The Balaban J connectivity index is 1.72. The minimum Gasteiger partial charge on any atom is -0.362 e. The molecule has 0 atom stereocenters. The molecule has 1 N–H and O–H groups in total. The average molecular weight is 416 g/mol. The SMILES string of the molecule is C=CC(/C=C\C(=C/C=C/Nc1ccc(-c2ccccc2)cc1)c1ccccc1)=C\C=C\C. The van der Waals surface area contributed by atoms with Gasteiger partial charge in [-0.25, -0.2) is 0 Å². The summed E-state index contributed by atoms with van der Waals surface area (Å²) in [7, 11) is 0. The average Bonchev–Trinajstić information content (AvgIpc) is 2.86. The fourth-order valence-electron chi connectivity index (χ4n) is 3.15. The van der Waals surface area contributed by atoms with Crippen molar-refractivity contribution in [2.45, 2.75) is 6.92 Å². The third kappa shape index (κ3) is 7.00. The first kappa shape index (κ1) is 22.6. The van der Waals surface area contributed by atoms with Gasteiger partial charge in [0.05, 0.1) is 0 Å². The fraction of sp³-hybridized carbons (Fsp3) is 0.0323. The van der Waals surface area contributed by atoms with Gasteiger partial charge in [-0.3, -0.25) is 0 Å². The zero-order valence-corrected chi connectivity index (χ0v) is 18.5. The highest BCUT2D eigenvalue weighted by Crippen LogP contribution is 2.21. The van der Waals surface area contributed by atoms with E-state index in [4.69, 9.17) is 0 Å². The molecular weight excluding hydrogens is 386 g/mol. The molecule has 3 aromatic rings. The molecule has 0 aromatic heterocycles. The molecule has 0 spiro atoms. The van der Waals surface area contributed by atoms with Gasteiger partial charge in [0.1, 0.15) is 0 Å². The molecule has 32 heavy (non-hydrogen) atoms. The molecule has 3 aromatic carbocycles. The van der Waals surface area contributed by atoms with E-state index in [0.717, 1.165) is 22.4 Å². The van der Waals surface area contributed by atoms with Crippen molar-refractivity contribution in [3.05, 3.63) is 157 Å². The second-order valence-electron chi connectivity index (χ2n) is 7.16. The maximum atomic E-state index is 3.90. The van der Waals surface area contributed by atoms with Gasteiger partial charge in [0, 0.05) is 11.9 Å². The highest BCUT2D eigenvalue weighted by atomic mass is 14.8. The molecule has 3 rings (SSSR count). The first-order chi connectivity index (χ1) is 15.8. The van der Waals surface area contributed by atoms with Crippen LogP contribution in [0.25, 0.3) is 16.7 Å². The topological polar surface area (TPSA) is 12.0 Å². The molecule has 0 amide bonds. The molecule has 0 aliphatic carbocycles. The van der Waals surface area contributed by atoms with Crippen LogP contribution < -0.4 is 5.32 Å². The smallest absolute Gasteiger partial charge is 0.0380 e. The molecule has 0 heterocycles. The van der Waals surface area contributed by atoms with Crippen molar-refractivity contribution < 1.29 is 0 Å². The van der Waals surface area contributed by atoms with Crippen LogP contribution in [0, 0.1) is 0 Å². The van der Waals surface area contributed by atoms with E-state index in [1.54, 1.807) is 0 Å². The number of hydrogen-bond acceptors (Lipinski definition) is 1. The van der Waals surface area contributed by atoms with Gasteiger partial charge in [0.25, 0.3) is 0 Å². The van der Waals surface area contributed by atoms with E-state index in [0.29, 0.717) is 0 Å². The normalized spacial score (nSPS) is 12.7. The predicted octanol–water partition coefficient (Wildman–Crippen LogP) is 8.61. The van der Waals surface area contributed by atoms with E-state index < -0.39 is 0 Å². The highest BCUT2D eigenvalue weighted by molar-refractivity contribution is 5.76. The third-order valence-corrected chi connectivity index (χ3v) is 4.89. The Hall–Kier alpha value is -4.10. The van der Waals surface area contributed by atoms with Crippen molar-refractivity contribution in [3.63, 3.8) is 0 Å². The predicted molar refractivity (Wildman–Crippen MR) is 141 cm³/mol. The summed E-state index contributed by atoms with van der Waals surface area (Å²) in [6, 6.07) is 29.2. The van der Waals surface area contributed by atoms with E-state index in [9.17, 15) is 0 Å². The molecule has 1 nitrogen and oxygen atoms in total. The molecule has 0 aliphatic rings. The van der Waals surface area contributed by atoms with E-state index in [-0.39, 0.29) is 0 Å². The second-order valence-corrected chi connectivity index (χ2v) is 7.16. The van der Waals surface area contributed by atoms with Gasteiger partial charge in [-0.1, -0.05) is 122 Å². The zero-order valence-electron chi connectivity index (χ0n) is 18.5. The number of hydrogen-bond donors (Lipinski definition) is 1. The van der Waals surface area contributed by atoms with Gasteiger partial charge >= 0.3 is 0 Å². The summed E-state index contributed by atoms with van der Waals surface area (Å²) in [5, 5.41) is 3.35. The van der Waals surface area contributed by atoms with Gasteiger partial charge in [-0.05, 0) is 53.0 Å². The lowest BCUT2D eigenvalue weighted by Crippen LogP contribution is -1.87. The van der Waals surface area contributed by atoms with Crippen LogP contribution in [0.5, 0.6) is 0 Å². The van der Waals surface area contributed by atoms with Crippen LogP contribution in [-0.2, 0) is 0 Å². The summed E-state index contributed by atoms with van der Waals surface area (Å²) in [5.74, 6) is 0. The molecule has 158 valence electrons. The van der Waals surface area contributed by atoms with E-state index in [1.165, 1.54) is 11.1 Å². The summed E-state index contributed by atoms with van der Waals surface area (Å²) in [6.45, 7) is 5.91. The van der Waals surface area contributed by atoms with Crippen LogP contribution in [0.3, 0.4) is 0 Å². The summed E-state index contributed by atoms with van der Waals surface area (Å²) >= 11 is 0. The Bertz CT molecular complexity index is 1130. The maximum Gasteiger partial charge on any atom is 0.0380 e. The minimum absolute atomic E-state index is 1.05. The van der Waals surface area contributed by atoms with Crippen LogP contribution in [0.1, 0.15) is 12.5 Å². The molecule has 0 bridgehead atoms.